The Morgan fingerprint density at radius 2 is 2.20 bits per heavy atom. The maximum absolute atomic E-state index is 12.9. The normalized spacial score (nSPS) is 27.4. The molecule has 0 amide bonds. The van der Waals surface area contributed by atoms with Crippen LogP contribution < -0.4 is 10.5 Å². The Bertz CT molecular complexity index is 849. The third-order valence-corrected chi connectivity index (χ3v) is 7.42. The van der Waals surface area contributed by atoms with E-state index >= 15 is 0 Å². The van der Waals surface area contributed by atoms with Crippen LogP contribution in [-0.4, -0.2) is 43.4 Å². The number of rotatable bonds is 3. The van der Waals surface area contributed by atoms with E-state index in [0.717, 1.165) is 9.87 Å². The summed E-state index contributed by atoms with van der Waals surface area (Å²) in [4.78, 5) is 16.3. The number of hydrogen-bond donors (Lipinski definition) is 1. The number of benzene rings is 1. The Morgan fingerprint density at radius 3 is 2.88 bits per heavy atom. The molecule has 0 aromatic heterocycles. The number of nitrogens with two attached hydrogens (primary N) is 1. The van der Waals surface area contributed by atoms with E-state index in [1.807, 2.05) is 19.1 Å². The van der Waals surface area contributed by atoms with Crippen molar-refractivity contribution in [3.8, 4) is 5.75 Å². The summed E-state index contributed by atoms with van der Waals surface area (Å²) in [7, 11) is -2.23. The summed E-state index contributed by atoms with van der Waals surface area (Å²) < 4.78 is 32.6. The number of nitrogens with zero attached hydrogens (tertiary/aromatic N) is 2. The van der Waals surface area contributed by atoms with Crippen molar-refractivity contribution in [2.24, 2.45) is 10.7 Å². The largest absolute Gasteiger partial charge is 0.493 e. The molecule has 7 nitrogen and oxygen atoms in total. The van der Waals surface area contributed by atoms with Gasteiger partial charge in [0, 0.05) is 31.9 Å². The quantitative estimate of drug-likeness (QED) is 0.866. The highest BCUT2D eigenvalue weighted by Gasteiger charge is 2.52. The molecular formula is C17H23N3O4S. The average molecular weight is 365 g/mol. The van der Waals surface area contributed by atoms with Crippen molar-refractivity contribution in [2.45, 2.75) is 43.9 Å². The zero-order chi connectivity index (χ0) is 18.4. The zero-order valence-electron chi connectivity index (χ0n) is 14.7. The van der Waals surface area contributed by atoms with Crippen molar-refractivity contribution in [1.82, 2.24) is 4.31 Å². The molecule has 0 radical (unpaired) electrons. The van der Waals surface area contributed by atoms with E-state index in [9.17, 15) is 13.2 Å². The summed E-state index contributed by atoms with van der Waals surface area (Å²) in [5.74, 6) is 0.672. The van der Waals surface area contributed by atoms with Gasteiger partial charge >= 0.3 is 0 Å². The number of Topliss-reactive ketones (excluding diaryl/α,β-unsaturated/α-hetero) is 1. The maximum atomic E-state index is 12.9. The Balaban J connectivity index is 2.18. The van der Waals surface area contributed by atoms with Crippen molar-refractivity contribution < 1.29 is 17.9 Å². The predicted molar refractivity (Wildman–Crippen MR) is 95.0 cm³/mol. The van der Waals surface area contributed by atoms with Crippen LogP contribution in [0.25, 0.3) is 0 Å². The zero-order valence-corrected chi connectivity index (χ0v) is 15.5. The van der Waals surface area contributed by atoms with Crippen molar-refractivity contribution in [1.29, 1.82) is 0 Å². The number of carbonyl (C=O) groups is 1. The lowest BCUT2D eigenvalue weighted by atomic mass is 9.86. The van der Waals surface area contributed by atoms with E-state index in [4.69, 9.17) is 10.5 Å². The summed E-state index contributed by atoms with van der Waals surface area (Å²) in [6.45, 7) is 3.87. The summed E-state index contributed by atoms with van der Waals surface area (Å²) in [6, 6.07) is 5.46. The average Bonchev–Trinajstić information content (AvgIpc) is 2.70. The first-order valence-corrected chi connectivity index (χ1v) is 9.81. The van der Waals surface area contributed by atoms with Crippen molar-refractivity contribution in [3.63, 3.8) is 0 Å². The summed E-state index contributed by atoms with van der Waals surface area (Å²) >= 11 is 0. The highest BCUT2D eigenvalue weighted by Crippen LogP contribution is 2.45. The molecule has 2 N–H and O–H groups in total. The third kappa shape index (κ3) is 2.78. The van der Waals surface area contributed by atoms with E-state index < -0.39 is 20.8 Å². The van der Waals surface area contributed by atoms with E-state index in [-0.39, 0.29) is 18.3 Å². The molecule has 1 aromatic carbocycles. The molecule has 0 fully saturated rings. The van der Waals surface area contributed by atoms with Gasteiger partial charge in [-0.15, -0.1) is 0 Å². The van der Waals surface area contributed by atoms with Crippen molar-refractivity contribution >= 4 is 21.8 Å². The minimum Gasteiger partial charge on any atom is -0.493 e. The Hall–Kier alpha value is -2.09. The minimum atomic E-state index is -3.65. The second-order valence-corrected chi connectivity index (χ2v) is 8.80. The SMILES string of the molecule is CCC(=O)Cc1ccc2c(c1)[C@@]1(C)N=C(N)N(C)S(=O)(=O)[C@@H]1CCO2. The monoisotopic (exact) mass is 365 g/mol. The summed E-state index contributed by atoms with van der Waals surface area (Å²) in [5.41, 5.74) is 6.33. The fourth-order valence-electron chi connectivity index (χ4n) is 3.49. The molecule has 2 aliphatic heterocycles. The lowest BCUT2D eigenvalue weighted by Gasteiger charge is -2.40. The number of ketones is 1. The van der Waals surface area contributed by atoms with Gasteiger partial charge in [-0.25, -0.2) is 17.7 Å². The van der Waals surface area contributed by atoms with Crippen LogP contribution >= 0.6 is 0 Å². The molecule has 2 heterocycles. The summed E-state index contributed by atoms with van der Waals surface area (Å²) in [6.07, 6.45) is 1.08. The number of sulfonamides is 1. The van der Waals surface area contributed by atoms with Gasteiger partial charge in [-0.05, 0) is 24.6 Å². The van der Waals surface area contributed by atoms with Crippen LogP contribution in [-0.2, 0) is 26.8 Å². The second-order valence-electron chi connectivity index (χ2n) is 6.66. The van der Waals surface area contributed by atoms with E-state index in [2.05, 4.69) is 4.99 Å². The van der Waals surface area contributed by atoms with Crippen molar-refractivity contribution in [3.05, 3.63) is 29.3 Å². The highest BCUT2D eigenvalue weighted by atomic mass is 32.2. The number of aliphatic imine (C=N–C) groups is 1. The van der Waals surface area contributed by atoms with Gasteiger partial charge in [0.05, 0.1) is 6.61 Å². The minimum absolute atomic E-state index is 0.0402. The van der Waals surface area contributed by atoms with Crippen LogP contribution in [0, 0.1) is 0 Å². The molecule has 136 valence electrons. The van der Waals surface area contributed by atoms with Crippen LogP contribution in [0.5, 0.6) is 5.75 Å². The standard InChI is InChI=1S/C17H23N3O4S/c1-4-12(21)9-11-5-6-14-13(10-11)17(2)15(7-8-24-14)25(22,23)20(3)16(18)19-17/h5-6,10,15H,4,7-9H2,1-3H3,(H2,18,19)/t15-,17-/m1/s1. The first-order chi connectivity index (χ1) is 11.7. The Morgan fingerprint density at radius 1 is 1.48 bits per heavy atom. The van der Waals surface area contributed by atoms with Crippen LogP contribution in [0.15, 0.2) is 23.2 Å². The van der Waals surface area contributed by atoms with Gasteiger partial charge in [-0.1, -0.05) is 13.0 Å². The van der Waals surface area contributed by atoms with Gasteiger partial charge in [-0.3, -0.25) is 4.79 Å². The van der Waals surface area contributed by atoms with Crippen LogP contribution in [0.2, 0.25) is 0 Å². The lowest BCUT2D eigenvalue weighted by Crippen LogP contribution is -2.56. The topological polar surface area (TPSA) is 102 Å². The van der Waals surface area contributed by atoms with E-state index in [1.54, 1.807) is 13.0 Å². The molecule has 0 saturated carbocycles. The highest BCUT2D eigenvalue weighted by molar-refractivity contribution is 7.90. The maximum Gasteiger partial charge on any atom is 0.242 e. The molecule has 0 bridgehead atoms. The molecule has 2 atom stereocenters. The molecule has 2 aliphatic rings. The van der Waals surface area contributed by atoms with Gasteiger partial charge in [0.15, 0.2) is 0 Å². The second kappa shape index (κ2) is 6.01. The van der Waals surface area contributed by atoms with Crippen LogP contribution in [0.1, 0.15) is 37.8 Å². The number of carbonyl (C=O) groups excluding carboxylic acids is 1. The Labute approximate surface area is 147 Å². The van der Waals surface area contributed by atoms with Crippen LogP contribution in [0.3, 0.4) is 0 Å². The molecule has 0 spiro atoms. The van der Waals surface area contributed by atoms with E-state index in [1.165, 1.54) is 7.05 Å². The van der Waals surface area contributed by atoms with Gasteiger partial charge in [0.2, 0.25) is 16.0 Å². The number of ether oxygens (including phenoxy) is 1. The fraction of sp³-hybridized carbons (Fsp3) is 0.529. The number of guanidine groups is 1. The third-order valence-electron chi connectivity index (χ3n) is 5.06. The summed E-state index contributed by atoms with van der Waals surface area (Å²) in [5, 5.41) is -0.768. The van der Waals surface area contributed by atoms with Gasteiger partial charge < -0.3 is 10.5 Å². The first kappa shape index (κ1) is 17.7. The fourth-order valence-corrected chi connectivity index (χ4v) is 5.33. The molecule has 3 rings (SSSR count). The molecule has 0 aliphatic carbocycles. The molecule has 0 unspecified atom stereocenters. The molecular weight excluding hydrogens is 342 g/mol. The van der Waals surface area contributed by atoms with E-state index in [0.29, 0.717) is 30.6 Å². The molecule has 8 heteroatoms. The number of fused-ring (bicyclic) bond motifs is 3. The van der Waals surface area contributed by atoms with Gasteiger partial charge in [-0.2, -0.15) is 0 Å². The molecule has 1 aromatic rings. The van der Waals surface area contributed by atoms with Gasteiger partial charge in [0.1, 0.15) is 22.3 Å². The first-order valence-electron chi connectivity index (χ1n) is 8.31. The Kier molecular flexibility index (Phi) is 4.26. The van der Waals surface area contributed by atoms with Crippen LogP contribution in [0.4, 0.5) is 0 Å². The molecule has 25 heavy (non-hydrogen) atoms. The molecule has 0 saturated heterocycles. The lowest BCUT2D eigenvalue weighted by molar-refractivity contribution is -0.118. The van der Waals surface area contributed by atoms with Gasteiger partial charge in [0.25, 0.3) is 0 Å². The smallest absolute Gasteiger partial charge is 0.242 e. The number of hydrogen-bond acceptors (Lipinski definition) is 6. The van der Waals surface area contributed by atoms with Crippen molar-refractivity contribution in [2.75, 3.05) is 13.7 Å². The predicted octanol–water partition coefficient (Wildman–Crippen LogP) is 1.16.